The molecule has 21 heavy (non-hydrogen) atoms. The fourth-order valence-corrected chi connectivity index (χ4v) is 3.39. The molecule has 1 heterocycles. The minimum Gasteiger partial charge on any atom is -0.496 e. The molecular weight excluding hydrogens is 328 g/mol. The van der Waals surface area contributed by atoms with Crippen molar-refractivity contribution in [3.05, 3.63) is 28.2 Å². The third kappa shape index (κ3) is 5.28. The highest BCUT2D eigenvalue weighted by atomic mass is 79.9. The minimum atomic E-state index is 0.896. The highest BCUT2D eigenvalue weighted by molar-refractivity contribution is 9.10. The number of benzene rings is 1. The van der Waals surface area contributed by atoms with Crippen LogP contribution in [0.2, 0.25) is 0 Å². The smallest absolute Gasteiger partial charge is 0.123 e. The largest absolute Gasteiger partial charge is 0.496 e. The van der Waals surface area contributed by atoms with Crippen LogP contribution < -0.4 is 4.74 Å². The predicted octanol–water partition coefficient (Wildman–Crippen LogP) is 3.62. The number of nitrogens with zero attached hydrogens (tertiary/aromatic N) is 2. The SMILES string of the molecule is COc1ccc(Br)cc1CN1CCC(CCN(C)C)CC1. The Kier molecular flexibility index (Phi) is 6.52. The van der Waals surface area contributed by atoms with Crippen molar-refractivity contribution in [1.29, 1.82) is 0 Å². The number of piperidine rings is 1. The van der Waals surface area contributed by atoms with Gasteiger partial charge in [0, 0.05) is 16.6 Å². The van der Waals surface area contributed by atoms with Crippen molar-refractivity contribution >= 4 is 15.9 Å². The molecule has 0 amide bonds. The van der Waals surface area contributed by atoms with Gasteiger partial charge in [0.1, 0.15) is 5.75 Å². The Morgan fingerprint density at radius 1 is 1.29 bits per heavy atom. The summed E-state index contributed by atoms with van der Waals surface area (Å²) in [5.41, 5.74) is 1.28. The van der Waals surface area contributed by atoms with Gasteiger partial charge in [0.25, 0.3) is 0 Å². The van der Waals surface area contributed by atoms with Crippen LogP contribution in [-0.2, 0) is 6.54 Å². The van der Waals surface area contributed by atoms with Crippen LogP contribution in [0.25, 0.3) is 0 Å². The Bertz CT molecular complexity index is 442. The van der Waals surface area contributed by atoms with Gasteiger partial charge in [-0.15, -0.1) is 0 Å². The maximum absolute atomic E-state index is 5.47. The fraction of sp³-hybridized carbons (Fsp3) is 0.647. The molecule has 0 unspecified atom stereocenters. The van der Waals surface area contributed by atoms with Gasteiger partial charge in [-0.05, 0) is 77.1 Å². The summed E-state index contributed by atoms with van der Waals surface area (Å²) < 4.78 is 6.60. The number of methoxy groups -OCH3 is 1. The monoisotopic (exact) mass is 354 g/mol. The Balaban J connectivity index is 1.84. The lowest BCUT2D eigenvalue weighted by atomic mass is 9.93. The number of halogens is 1. The average Bonchev–Trinajstić information content (AvgIpc) is 2.47. The second-order valence-corrected chi connectivity index (χ2v) is 7.18. The predicted molar refractivity (Wildman–Crippen MR) is 91.9 cm³/mol. The number of hydrogen-bond donors (Lipinski definition) is 0. The molecule has 118 valence electrons. The van der Waals surface area contributed by atoms with Crippen LogP contribution in [0, 0.1) is 5.92 Å². The second kappa shape index (κ2) is 8.16. The molecule has 0 aromatic heterocycles. The molecule has 1 saturated heterocycles. The summed E-state index contributed by atoms with van der Waals surface area (Å²) in [6.45, 7) is 4.61. The van der Waals surface area contributed by atoms with E-state index < -0.39 is 0 Å². The van der Waals surface area contributed by atoms with Gasteiger partial charge in [0.05, 0.1) is 7.11 Å². The van der Waals surface area contributed by atoms with E-state index in [1.54, 1.807) is 7.11 Å². The van der Waals surface area contributed by atoms with E-state index in [2.05, 4.69) is 45.9 Å². The summed E-state index contributed by atoms with van der Waals surface area (Å²) in [6.07, 6.45) is 3.98. The average molecular weight is 355 g/mol. The van der Waals surface area contributed by atoms with Crippen molar-refractivity contribution in [1.82, 2.24) is 9.80 Å². The highest BCUT2D eigenvalue weighted by Gasteiger charge is 2.20. The van der Waals surface area contributed by atoms with Crippen LogP contribution in [0.4, 0.5) is 0 Å². The van der Waals surface area contributed by atoms with Crippen LogP contribution in [0.5, 0.6) is 5.75 Å². The first kappa shape index (κ1) is 16.8. The standard InChI is InChI=1S/C17H27BrN2O/c1-19(2)9-6-14-7-10-20(11-8-14)13-15-12-16(18)4-5-17(15)21-3/h4-5,12,14H,6-11,13H2,1-3H3. The zero-order valence-electron chi connectivity index (χ0n) is 13.4. The molecule has 0 spiro atoms. The molecule has 1 aliphatic rings. The van der Waals surface area contributed by atoms with Gasteiger partial charge >= 0.3 is 0 Å². The van der Waals surface area contributed by atoms with Gasteiger partial charge in [-0.1, -0.05) is 15.9 Å². The zero-order valence-corrected chi connectivity index (χ0v) is 15.0. The summed E-state index contributed by atoms with van der Waals surface area (Å²) in [7, 11) is 6.07. The molecule has 0 atom stereocenters. The van der Waals surface area contributed by atoms with Gasteiger partial charge in [0.2, 0.25) is 0 Å². The first-order valence-corrected chi connectivity index (χ1v) is 8.57. The van der Waals surface area contributed by atoms with Crippen LogP contribution in [0.3, 0.4) is 0 Å². The van der Waals surface area contributed by atoms with Gasteiger partial charge < -0.3 is 9.64 Å². The van der Waals surface area contributed by atoms with Gasteiger partial charge in [-0.2, -0.15) is 0 Å². The summed E-state index contributed by atoms with van der Waals surface area (Å²) >= 11 is 3.56. The third-order valence-electron chi connectivity index (χ3n) is 4.33. The lowest BCUT2D eigenvalue weighted by Gasteiger charge is -2.32. The van der Waals surface area contributed by atoms with Crippen molar-refractivity contribution in [2.45, 2.75) is 25.8 Å². The topological polar surface area (TPSA) is 15.7 Å². The molecule has 0 saturated carbocycles. The summed E-state index contributed by atoms with van der Waals surface area (Å²) in [5.74, 6) is 1.89. The Hall–Kier alpha value is -0.580. The first-order valence-electron chi connectivity index (χ1n) is 7.78. The number of ether oxygens (including phenoxy) is 1. The Morgan fingerprint density at radius 2 is 2.00 bits per heavy atom. The molecule has 0 N–H and O–H groups in total. The zero-order chi connectivity index (χ0) is 15.2. The Morgan fingerprint density at radius 3 is 2.62 bits per heavy atom. The van der Waals surface area contributed by atoms with Gasteiger partial charge in [-0.25, -0.2) is 0 Å². The van der Waals surface area contributed by atoms with E-state index in [-0.39, 0.29) is 0 Å². The Labute approximate surface area is 137 Å². The quantitative estimate of drug-likeness (QED) is 0.775. The highest BCUT2D eigenvalue weighted by Crippen LogP contribution is 2.27. The van der Waals surface area contributed by atoms with E-state index >= 15 is 0 Å². The van der Waals surface area contributed by atoms with Crippen LogP contribution in [0.15, 0.2) is 22.7 Å². The van der Waals surface area contributed by atoms with Crippen LogP contribution >= 0.6 is 15.9 Å². The van der Waals surface area contributed by atoms with Crippen molar-refractivity contribution < 1.29 is 4.74 Å². The van der Waals surface area contributed by atoms with Crippen LogP contribution in [0.1, 0.15) is 24.8 Å². The molecular formula is C17H27BrN2O. The van der Waals surface area contributed by atoms with Gasteiger partial charge in [0.15, 0.2) is 0 Å². The molecule has 0 aliphatic carbocycles. The molecule has 2 rings (SSSR count). The first-order chi connectivity index (χ1) is 10.1. The molecule has 1 aliphatic heterocycles. The lowest BCUT2D eigenvalue weighted by Crippen LogP contribution is -2.34. The fourth-order valence-electron chi connectivity index (χ4n) is 2.99. The van der Waals surface area contributed by atoms with Crippen LogP contribution in [-0.4, -0.2) is 50.6 Å². The maximum atomic E-state index is 5.47. The lowest BCUT2D eigenvalue weighted by molar-refractivity contribution is 0.164. The van der Waals surface area contributed by atoms with E-state index in [0.29, 0.717) is 0 Å². The van der Waals surface area contributed by atoms with E-state index in [1.807, 2.05) is 12.1 Å². The molecule has 1 aromatic carbocycles. The summed E-state index contributed by atoms with van der Waals surface area (Å²) in [4.78, 5) is 4.84. The van der Waals surface area contributed by atoms with E-state index in [1.165, 1.54) is 44.5 Å². The normalized spacial score (nSPS) is 17.4. The maximum Gasteiger partial charge on any atom is 0.123 e. The van der Waals surface area contributed by atoms with Crippen molar-refractivity contribution in [3.63, 3.8) is 0 Å². The van der Waals surface area contributed by atoms with E-state index in [4.69, 9.17) is 4.74 Å². The summed E-state index contributed by atoms with van der Waals surface area (Å²) in [6, 6.07) is 6.26. The van der Waals surface area contributed by atoms with Crippen molar-refractivity contribution in [3.8, 4) is 5.75 Å². The molecule has 0 radical (unpaired) electrons. The van der Waals surface area contributed by atoms with E-state index in [0.717, 1.165) is 22.7 Å². The van der Waals surface area contributed by atoms with Gasteiger partial charge in [-0.3, -0.25) is 4.90 Å². The molecule has 4 heteroatoms. The minimum absolute atomic E-state index is 0.896. The molecule has 0 bridgehead atoms. The number of rotatable bonds is 6. The van der Waals surface area contributed by atoms with Crippen molar-refractivity contribution in [2.75, 3.05) is 40.8 Å². The molecule has 3 nitrogen and oxygen atoms in total. The third-order valence-corrected chi connectivity index (χ3v) is 4.82. The second-order valence-electron chi connectivity index (χ2n) is 6.27. The molecule has 1 aromatic rings. The van der Waals surface area contributed by atoms with Crippen molar-refractivity contribution in [2.24, 2.45) is 5.92 Å². The van der Waals surface area contributed by atoms with E-state index in [9.17, 15) is 0 Å². The number of hydrogen-bond acceptors (Lipinski definition) is 3. The summed E-state index contributed by atoms with van der Waals surface area (Å²) in [5, 5.41) is 0. The molecule has 1 fully saturated rings. The number of likely N-dealkylation sites (tertiary alicyclic amines) is 1.